The summed E-state index contributed by atoms with van der Waals surface area (Å²) in [4.78, 5) is 11.1. The van der Waals surface area contributed by atoms with Crippen molar-refractivity contribution >= 4 is 19.2 Å². The van der Waals surface area contributed by atoms with Crippen molar-refractivity contribution in [2.45, 2.75) is 38.9 Å². The number of carbonyl (C=O) groups is 1. The van der Waals surface area contributed by atoms with Crippen molar-refractivity contribution < 1.29 is 19.2 Å². The third-order valence-electron chi connectivity index (χ3n) is 4.42. The van der Waals surface area contributed by atoms with Crippen molar-refractivity contribution in [3.05, 3.63) is 40.9 Å². The maximum atomic E-state index is 11.1. The molecule has 1 fully saturated rings. The van der Waals surface area contributed by atoms with Crippen LogP contribution in [-0.4, -0.2) is 43.0 Å². The summed E-state index contributed by atoms with van der Waals surface area (Å²) in [6, 6.07) is 6.82. The molecular formula is C17H24BNO4. The Morgan fingerprint density at radius 1 is 1.26 bits per heavy atom. The minimum Gasteiger partial charge on any atom is -0.478 e. The van der Waals surface area contributed by atoms with E-state index in [1.807, 2.05) is 46.9 Å². The zero-order chi connectivity index (χ0) is 17.3. The fourth-order valence-corrected chi connectivity index (χ4v) is 2.38. The molecule has 1 aromatic rings. The van der Waals surface area contributed by atoms with Gasteiger partial charge in [-0.1, -0.05) is 18.2 Å². The van der Waals surface area contributed by atoms with Crippen LogP contribution in [0.5, 0.6) is 0 Å². The Bertz CT molecular complexity index is 609. The molecule has 1 aromatic carbocycles. The number of hydrogen-bond acceptors (Lipinski definition) is 4. The zero-order valence-corrected chi connectivity index (χ0v) is 14.3. The fourth-order valence-electron chi connectivity index (χ4n) is 2.38. The molecule has 1 aliphatic heterocycles. The molecule has 1 saturated heterocycles. The summed E-state index contributed by atoms with van der Waals surface area (Å²) in [5.74, 6) is -0.939. The van der Waals surface area contributed by atoms with Crippen molar-refractivity contribution in [3.8, 4) is 0 Å². The van der Waals surface area contributed by atoms with E-state index in [0.717, 1.165) is 11.0 Å². The summed E-state index contributed by atoms with van der Waals surface area (Å²) in [6.45, 7) is 8.63. The lowest BCUT2D eigenvalue weighted by molar-refractivity contribution is 0.00578. The Morgan fingerprint density at radius 3 is 2.39 bits per heavy atom. The molecule has 5 nitrogen and oxygen atoms in total. The van der Waals surface area contributed by atoms with Crippen LogP contribution >= 0.6 is 0 Å². The molecule has 1 heterocycles. The van der Waals surface area contributed by atoms with Gasteiger partial charge in [0.1, 0.15) is 0 Å². The van der Waals surface area contributed by atoms with Gasteiger partial charge in [-0.15, -0.1) is 0 Å². The zero-order valence-electron chi connectivity index (χ0n) is 14.3. The van der Waals surface area contributed by atoms with E-state index in [4.69, 9.17) is 14.4 Å². The van der Waals surface area contributed by atoms with Gasteiger partial charge < -0.3 is 19.7 Å². The number of aromatic carboxylic acids is 1. The quantitative estimate of drug-likeness (QED) is 0.817. The second-order valence-electron chi connectivity index (χ2n) is 6.77. The van der Waals surface area contributed by atoms with Crippen LogP contribution in [0.1, 0.15) is 43.6 Å². The fraction of sp³-hybridized carbons (Fsp3) is 0.471. The number of carboxylic acid groups (broad SMARTS) is 1. The number of nitrogens with one attached hydrogen (secondary N) is 1. The maximum absolute atomic E-state index is 11.1. The van der Waals surface area contributed by atoms with Gasteiger partial charge in [0.25, 0.3) is 0 Å². The van der Waals surface area contributed by atoms with Gasteiger partial charge in [0.2, 0.25) is 0 Å². The molecule has 0 atom stereocenters. The van der Waals surface area contributed by atoms with Crippen LogP contribution in [0.15, 0.2) is 29.7 Å². The van der Waals surface area contributed by atoms with E-state index in [-0.39, 0.29) is 5.56 Å². The standard InChI is InChI=1S/C17H24BNO4/c1-16(2)17(3,4)23-18(22-16)14(11-19-5)10-12-7-6-8-13(9-12)15(20)21/h6-10,19H,11H2,1-5H3,(H,20,21). The predicted octanol–water partition coefficient (Wildman–Crippen LogP) is 2.62. The SMILES string of the molecule is CNCC(=Cc1cccc(C(=O)O)c1)B1OC(C)(C)C(C)(C)O1. The third-order valence-corrected chi connectivity index (χ3v) is 4.42. The minimum atomic E-state index is -0.939. The van der Waals surface area contributed by atoms with Crippen LogP contribution in [0.4, 0.5) is 0 Å². The molecule has 0 spiro atoms. The lowest BCUT2D eigenvalue weighted by Crippen LogP contribution is -2.41. The van der Waals surface area contributed by atoms with Gasteiger partial charge in [0, 0.05) is 6.54 Å². The van der Waals surface area contributed by atoms with Gasteiger partial charge in [0.05, 0.1) is 16.8 Å². The molecule has 0 aliphatic carbocycles. The van der Waals surface area contributed by atoms with E-state index >= 15 is 0 Å². The van der Waals surface area contributed by atoms with Crippen molar-refractivity contribution in [2.24, 2.45) is 0 Å². The van der Waals surface area contributed by atoms with Gasteiger partial charge in [-0.05, 0) is 57.9 Å². The molecule has 1 aliphatic rings. The third kappa shape index (κ3) is 3.83. The smallest absolute Gasteiger partial charge is 0.478 e. The normalized spacial score (nSPS) is 19.9. The summed E-state index contributed by atoms with van der Waals surface area (Å²) in [6.07, 6.45) is 1.92. The molecular weight excluding hydrogens is 293 g/mol. The molecule has 0 saturated carbocycles. The summed E-state index contributed by atoms with van der Waals surface area (Å²) in [5, 5.41) is 12.2. The molecule has 2 N–H and O–H groups in total. The van der Waals surface area contributed by atoms with Crippen LogP contribution in [-0.2, 0) is 9.31 Å². The van der Waals surface area contributed by atoms with E-state index in [1.165, 1.54) is 0 Å². The molecule has 6 heteroatoms. The average Bonchev–Trinajstić information content (AvgIpc) is 2.67. The molecule has 0 amide bonds. The highest BCUT2D eigenvalue weighted by Crippen LogP contribution is 2.38. The van der Waals surface area contributed by atoms with E-state index in [1.54, 1.807) is 18.2 Å². The second-order valence-corrected chi connectivity index (χ2v) is 6.77. The maximum Gasteiger partial charge on any atom is 0.491 e. The first-order chi connectivity index (χ1) is 10.7. The lowest BCUT2D eigenvalue weighted by atomic mass is 9.77. The molecule has 124 valence electrons. The molecule has 0 bridgehead atoms. The largest absolute Gasteiger partial charge is 0.491 e. The Morgan fingerprint density at radius 2 is 1.87 bits per heavy atom. The predicted molar refractivity (Wildman–Crippen MR) is 91.4 cm³/mol. The topological polar surface area (TPSA) is 67.8 Å². The van der Waals surface area contributed by atoms with Gasteiger partial charge in [-0.3, -0.25) is 0 Å². The van der Waals surface area contributed by atoms with Gasteiger partial charge in [-0.2, -0.15) is 0 Å². The first-order valence-electron chi connectivity index (χ1n) is 7.70. The molecule has 0 radical (unpaired) electrons. The Balaban J connectivity index is 2.32. The first-order valence-corrected chi connectivity index (χ1v) is 7.70. The van der Waals surface area contributed by atoms with Crippen LogP contribution in [0.25, 0.3) is 6.08 Å². The monoisotopic (exact) mass is 317 g/mol. The highest BCUT2D eigenvalue weighted by atomic mass is 16.7. The summed E-state index contributed by atoms with van der Waals surface area (Å²) in [5.41, 5.74) is 1.18. The number of carboxylic acids is 1. The molecule has 0 unspecified atom stereocenters. The van der Waals surface area contributed by atoms with Crippen LogP contribution in [0, 0.1) is 0 Å². The van der Waals surface area contributed by atoms with Crippen molar-refractivity contribution in [1.29, 1.82) is 0 Å². The Hall–Kier alpha value is -1.63. The van der Waals surface area contributed by atoms with E-state index in [0.29, 0.717) is 6.54 Å². The Labute approximate surface area is 137 Å². The van der Waals surface area contributed by atoms with Gasteiger partial charge >= 0.3 is 13.1 Å². The lowest BCUT2D eigenvalue weighted by Gasteiger charge is -2.32. The Kier molecular flexibility index (Phi) is 4.99. The summed E-state index contributed by atoms with van der Waals surface area (Å²) >= 11 is 0. The summed E-state index contributed by atoms with van der Waals surface area (Å²) < 4.78 is 12.2. The molecule has 23 heavy (non-hydrogen) atoms. The number of rotatable bonds is 5. The van der Waals surface area contributed by atoms with E-state index < -0.39 is 24.3 Å². The number of benzene rings is 1. The second kappa shape index (κ2) is 6.47. The van der Waals surface area contributed by atoms with Crippen LogP contribution in [0.3, 0.4) is 0 Å². The first kappa shape index (κ1) is 17.7. The molecule has 0 aromatic heterocycles. The number of hydrogen-bond donors (Lipinski definition) is 2. The minimum absolute atomic E-state index is 0.261. The van der Waals surface area contributed by atoms with Crippen LogP contribution < -0.4 is 5.32 Å². The van der Waals surface area contributed by atoms with Crippen LogP contribution in [0.2, 0.25) is 0 Å². The van der Waals surface area contributed by atoms with E-state index in [2.05, 4.69) is 5.32 Å². The van der Waals surface area contributed by atoms with Crippen molar-refractivity contribution in [3.63, 3.8) is 0 Å². The van der Waals surface area contributed by atoms with Gasteiger partial charge in [0.15, 0.2) is 0 Å². The van der Waals surface area contributed by atoms with Gasteiger partial charge in [-0.25, -0.2) is 4.79 Å². The number of likely N-dealkylation sites (N-methyl/N-ethyl adjacent to an activating group) is 1. The van der Waals surface area contributed by atoms with E-state index in [9.17, 15) is 4.79 Å². The average molecular weight is 317 g/mol. The van der Waals surface area contributed by atoms with Crippen molar-refractivity contribution in [2.75, 3.05) is 13.6 Å². The highest BCUT2D eigenvalue weighted by Gasteiger charge is 2.52. The molecule has 2 rings (SSSR count). The summed E-state index contributed by atoms with van der Waals surface area (Å²) in [7, 11) is 1.40. The highest BCUT2D eigenvalue weighted by molar-refractivity contribution is 6.55. The van der Waals surface area contributed by atoms with Crippen molar-refractivity contribution in [1.82, 2.24) is 5.32 Å².